The smallest absolute Gasteiger partial charge is 0.512 e. The van der Waals surface area contributed by atoms with Crippen LogP contribution in [-0.2, 0) is 9.47 Å². The molecule has 1 unspecified atom stereocenters. The minimum Gasteiger partial charge on any atom is -1.00 e. The Hall–Kier alpha value is -1.38. The van der Waals surface area contributed by atoms with Gasteiger partial charge in [-0.25, -0.2) is 4.79 Å². The Morgan fingerprint density at radius 2 is 1.38 bits per heavy atom. The summed E-state index contributed by atoms with van der Waals surface area (Å²) in [5.41, 5.74) is 1.95. The Morgan fingerprint density at radius 3 is 2.03 bits per heavy atom. The maximum absolute atomic E-state index is 12.2. The van der Waals surface area contributed by atoms with Crippen molar-refractivity contribution in [1.29, 1.82) is 0 Å². The number of quaternary nitrogens is 1. The van der Waals surface area contributed by atoms with Crippen molar-refractivity contribution in [2.24, 2.45) is 0 Å². The molecule has 39 heavy (non-hydrogen) atoms. The molecule has 0 N–H and O–H groups in total. The van der Waals surface area contributed by atoms with Crippen molar-refractivity contribution in [2.75, 3.05) is 40.1 Å². The van der Waals surface area contributed by atoms with Crippen molar-refractivity contribution in [3.63, 3.8) is 0 Å². The van der Waals surface area contributed by atoms with Gasteiger partial charge in [-0.05, 0) is 12.8 Å². The van der Waals surface area contributed by atoms with Crippen LogP contribution in [0.2, 0.25) is 0 Å². The molecule has 0 amide bonds. The highest BCUT2D eigenvalue weighted by atomic mass is 35.5. The Kier molecular flexibility index (Phi) is 20.4. The van der Waals surface area contributed by atoms with Crippen LogP contribution in [0, 0.1) is 0 Å². The van der Waals surface area contributed by atoms with Gasteiger partial charge in [0.05, 0.1) is 38.5 Å². The van der Waals surface area contributed by atoms with Crippen molar-refractivity contribution in [3.05, 3.63) is 11.8 Å². The van der Waals surface area contributed by atoms with E-state index >= 15 is 0 Å². The maximum atomic E-state index is 12.2. The van der Waals surface area contributed by atoms with Crippen LogP contribution in [0.3, 0.4) is 0 Å². The molecular formula is C30H54ClN3O4S. The van der Waals surface area contributed by atoms with Crippen LogP contribution >= 0.6 is 11.7 Å². The Balaban J connectivity index is 0.00000760. The van der Waals surface area contributed by atoms with Crippen molar-refractivity contribution in [3.8, 4) is 5.88 Å². The van der Waals surface area contributed by atoms with Crippen LogP contribution in [0.1, 0.15) is 129 Å². The predicted octanol–water partition coefficient (Wildman–Crippen LogP) is 5.55. The lowest BCUT2D eigenvalue weighted by molar-refractivity contribution is -0.919. The van der Waals surface area contributed by atoms with Gasteiger partial charge in [0.2, 0.25) is 6.73 Å². The average molecular weight is 588 g/mol. The van der Waals surface area contributed by atoms with Gasteiger partial charge >= 0.3 is 6.16 Å². The molecule has 1 aromatic heterocycles. The fourth-order valence-corrected chi connectivity index (χ4v) is 5.44. The Morgan fingerprint density at radius 1 is 0.821 bits per heavy atom. The number of likely N-dealkylation sites (N-methyl/N-ethyl adjacent to an activating group) is 1. The van der Waals surface area contributed by atoms with Crippen LogP contribution in [-0.4, -0.2) is 59.5 Å². The third-order valence-corrected chi connectivity index (χ3v) is 7.83. The number of ether oxygens (including phenoxy) is 3. The maximum Gasteiger partial charge on any atom is 0.512 e. The minimum atomic E-state index is -0.560. The van der Waals surface area contributed by atoms with Crippen molar-refractivity contribution in [2.45, 2.75) is 123 Å². The second-order valence-corrected chi connectivity index (χ2v) is 11.6. The molecule has 7 nitrogen and oxygen atoms in total. The highest BCUT2D eigenvalue weighted by Crippen LogP contribution is 2.30. The Bertz CT molecular complexity index is 792. The quantitative estimate of drug-likeness (QED) is 0.101. The van der Waals surface area contributed by atoms with E-state index in [4.69, 9.17) is 14.2 Å². The van der Waals surface area contributed by atoms with Gasteiger partial charge in [0.1, 0.15) is 12.2 Å². The van der Waals surface area contributed by atoms with Gasteiger partial charge in [-0.1, -0.05) is 110 Å². The molecule has 0 spiro atoms. The molecule has 0 bridgehead atoms. The molecule has 9 heteroatoms. The van der Waals surface area contributed by atoms with Crippen molar-refractivity contribution in [1.82, 2.24) is 8.75 Å². The second-order valence-electron chi connectivity index (χ2n) is 11.1. The largest absolute Gasteiger partial charge is 1.00 e. The number of carbonyl (C=O) groups is 1. The van der Waals surface area contributed by atoms with Crippen LogP contribution in [0.4, 0.5) is 4.79 Å². The predicted molar refractivity (Wildman–Crippen MR) is 156 cm³/mol. The number of hydrogen-bond acceptors (Lipinski definition) is 7. The molecule has 0 fully saturated rings. The first kappa shape index (κ1) is 35.6. The van der Waals surface area contributed by atoms with E-state index in [2.05, 4.69) is 35.7 Å². The van der Waals surface area contributed by atoms with Gasteiger partial charge < -0.3 is 26.6 Å². The van der Waals surface area contributed by atoms with Gasteiger partial charge in [0, 0.05) is 12.0 Å². The van der Waals surface area contributed by atoms with Gasteiger partial charge in [-0.15, -0.1) is 4.37 Å². The summed E-state index contributed by atoms with van der Waals surface area (Å²) in [6.45, 7) is 7.50. The van der Waals surface area contributed by atoms with Gasteiger partial charge in [-0.3, -0.25) is 4.48 Å². The molecule has 1 aliphatic heterocycles. The lowest BCUT2D eigenvalue weighted by atomic mass is 10.1. The average Bonchev–Trinajstić information content (AvgIpc) is 3.39. The van der Waals surface area contributed by atoms with E-state index in [9.17, 15) is 4.79 Å². The summed E-state index contributed by atoms with van der Waals surface area (Å²) in [6, 6.07) is 0. The first-order valence-corrected chi connectivity index (χ1v) is 16.1. The topological polar surface area (TPSA) is 70.5 Å². The second kappa shape index (κ2) is 22.3. The van der Waals surface area contributed by atoms with Gasteiger partial charge in [0.25, 0.3) is 5.88 Å². The first-order valence-electron chi connectivity index (χ1n) is 15.4. The highest BCUT2D eigenvalue weighted by Gasteiger charge is 2.31. The molecule has 0 aromatic carbocycles. The zero-order chi connectivity index (χ0) is 27.3. The zero-order valence-corrected chi connectivity index (χ0v) is 26.5. The summed E-state index contributed by atoms with van der Waals surface area (Å²) in [6.07, 6.45) is 22.7. The highest BCUT2D eigenvalue weighted by molar-refractivity contribution is 6.99. The van der Waals surface area contributed by atoms with E-state index in [0.29, 0.717) is 30.3 Å². The van der Waals surface area contributed by atoms with Gasteiger partial charge in [0.15, 0.2) is 0 Å². The molecule has 1 aromatic rings. The van der Waals surface area contributed by atoms with E-state index in [1.54, 1.807) is 0 Å². The van der Waals surface area contributed by atoms with E-state index in [1.807, 2.05) is 0 Å². The van der Waals surface area contributed by atoms with Crippen LogP contribution in [0.15, 0.2) is 6.08 Å². The molecule has 0 saturated carbocycles. The number of halogens is 1. The van der Waals surface area contributed by atoms with Crippen molar-refractivity contribution < 1.29 is 35.9 Å². The summed E-state index contributed by atoms with van der Waals surface area (Å²) in [5.74, 6) is 0.633. The first-order chi connectivity index (χ1) is 18.6. The van der Waals surface area contributed by atoms with E-state index in [1.165, 1.54) is 95.2 Å². The lowest BCUT2D eigenvalue weighted by Crippen LogP contribution is -3.00. The normalized spacial score (nSPS) is 16.8. The van der Waals surface area contributed by atoms with Crippen LogP contribution < -0.4 is 17.1 Å². The Labute approximate surface area is 248 Å². The minimum absolute atomic E-state index is 0. The van der Waals surface area contributed by atoms with Crippen LogP contribution in [0.5, 0.6) is 5.88 Å². The molecule has 1 atom stereocenters. The zero-order valence-electron chi connectivity index (χ0n) is 24.9. The molecule has 2 heterocycles. The summed E-state index contributed by atoms with van der Waals surface area (Å²) >= 11 is 1.19. The molecule has 2 rings (SSSR count). The van der Waals surface area contributed by atoms with Crippen LogP contribution in [0.25, 0.3) is 5.57 Å². The summed E-state index contributed by atoms with van der Waals surface area (Å²) < 4.78 is 26.3. The SMILES string of the molecule is CCCCCCCCCCCCCCOC(=O)OC[N+]1(C)CCC=C(c2nsnc2OCCCCCC)C1.[Cl-]. The number of hydrogen-bond donors (Lipinski definition) is 0. The third-order valence-electron chi connectivity index (χ3n) is 7.32. The van der Waals surface area contributed by atoms with E-state index in [-0.39, 0.29) is 12.4 Å². The summed E-state index contributed by atoms with van der Waals surface area (Å²) in [5, 5.41) is 0. The van der Waals surface area contributed by atoms with Gasteiger partial charge in [-0.2, -0.15) is 4.37 Å². The molecule has 1 aliphatic rings. The molecular weight excluding hydrogens is 534 g/mol. The van der Waals surface area contributed by atoms with E-state index in [0.717, 1.165) is 50.0 Å². The number of nitrogens with zero attached hydrogens (tertiary/aromatic N) is 3. The monoisotopic (exact) mass is 587 g/mol. The molecule has 0 aliphatic carbocycles. The standard InChI is InChI=1S/C30H54N3O4S.ClH/c1-4-6-8-10-11-12-13-14-15-16-17-19-24-36-30(34)37-26-33(3)22-20-21-27(25-33)28-29(32-38-31-28)35-23-18-9-7-5-2;/h21H,4-20,22-26H2,1-3H3;1H/q+1;/p-1. The van der Waals surface area contributed by atoms with E-state index < -0.39 is 6.16 Å². The lowest BCUT2D eigenvalue weighted by Gasteiger charge is -2.36. The number of unbranched alkanes of at least 4 members (excludes halogenated alkanes) is 14. The third kappa shape index (κ3) is 15.9. The molecule has 226 valence electrons. The number of rotatable bonds is 22. The summed E-state index contributed by atoms with van der Waals surface area (Å²) in [7, 11) is 2.11. The fourth-order valence-electron chi connectivity index (χ4n) is 4.90. The molecule has 0 saturated heterocycles. The summed E-state index contributed by atoms with van der Waals surface area (Å²) in [4.78, 5) is 12.2. The molecule has 0 radical (unpaired) electrons. The number of aromatic nitrogens is 2. The number of carbonyl (C=O) groups excluding carboxylic acids is 1. The van der Waals surface area contributed by atoms with Crippen molar-refractivity contribution >= 4 is 23.5 Å². The fraction of sp³-hybridized carbons (Fsp3) is 0.833.